The van der Waals surface area contributed by atoms with Gasteiger partial charge in [0.15, 0.2) is 0 Å². The van der Waals surface area contributed by atoms with E-state index in [1.54, 1.807) is 0 Å². The summed E-state index contributed by atoms with van der Waals surface area (Å²) in [5.74, 6) is -0.676. The number of esters is 1. The predicted molar refractivity (Wildman–Crippen MR) is 77.8 cm³/mol. The molecule has 9 heteroatoms. The topological polar surface area (TPSA) is 108 Å². The number of nitrogens with one attached hydrogen (secondary N) is 1. The van der Waals surface area contributed by atoms with Crippen LogP contribution in [0.15, 0.2) is 16.3 Å². The maximum absolute atomic E-state index is 12.4. The van der Waals surface area contributed by atoms with Crippen LogP contribution in [0.5, 0.6) is 0 Å². The summed E-state index contributed by atoms with van der Waals surface area (Å²) in [6, 6.07) is 0.593. The van der Waals surface area contributed by atoms with E-state index in [0.717, 1.165) is 11.3 Å². The van der Waals surface area contributed by atoms with E-state index < -0.39 is 22.0 Å². The second-order valence-electron chi connectivity index (χ2n) is 4.65. The van der Waals surface area contributed by atoms with E-state index in [2.05, 4.69) is 9.46 Å². The standard InChI is InChI=1S/C12H18N2O5S2/c1-3-19-8-6-7(13)10(8)14-21(16,17)9-4-5-20-11(9)12(15)18-2/h4-5,7-8,10,14H,3,6,13H2,1-2H3. The van der Waals surface area contributed by atoms with E-state index in [1.165, 1.54) is 18.6 Å². The van der Waals surface area contributed by atoms with E-state index >= 15 is 0 Å². The Balaban J connectivity index is 2.19. The minimum Gasteiger partial charge on any atom is -0.465 e. The molecule has 21 heavy (non-hydrogen) atoms. The van der Waals surface area contributed by atoms with Gasteiger partial charge >= 0.3 is 5.97 Å². The Bertz CT molecular complexity index is 611. The van der Waals surface area contributed by atoms with Gasteiger partial charge in [-0.15, -0.1) is 11.3 Å². The fourth-order valence-corrected chi connectivity index (χ4v) is 4.83. The van der Waals surface area contributed by atoms with Gasteiger partial charge in [-0.1, -0.05) is 0 Å². The van der Waals surface area contributed by atoms with Crippen LogP contribution in [0.3, 0.4) is 0 Å². The Hall–Kier alpha value is -1.00. The first kappa shape index (κ1) is 16.4. The van der Waals surface area contributed by atoms with Gasteiger partial charge in [0.1, 0.15) is 9.77 Å². The van der Waals surface area contributed by atoms with Gasteiger partial charge in [0.2, 0.25) is 10.0 Å². The van der Waals surface area contributed by atoms with Crippen LogP contribution in [-0.4, -0.2) is 46.3 Å². The first-order valence-electron chi connectivity index (χ1n) is 6.46. The summed E-state index contributed by atoms with van der Waals surface area (Å²) >= 11 is 1.02. The lowest BCUT2D eigenvalue weighted by molar-refractivity contribution is -0.0248. The van der Waals surface area contributed by atoms with E-state index in [0.29, 0.717) is 13.0 Å². The molecule has 0 saturated heterocycles. The summed E-state index contributed by atoms with van der Waals surface area (Å²) in [4.78, 5) is 11.5. The van der Waals surface area contributed by atoms with Crippen LogP contribution in [0.4, 0.5) is 0 Å². The monoisotopic (exact) mass is 334 g/mol. The molecule has 3 N–H and O–H groups in total. The van der Waals surface area contributed by atoms with E-state index in [9.17, 15) is 13.2 Å². The van der Waals surface area contributed by atoms with Crippen molar-refractivity contribution in [1.82, 2.24) is 4.72 Å². The average molecular weight is 334 g/mol. The van der Waals surface area contributed by atoms with Crippen molar-refractivity contribution in [3.8, 4) is 0 Å². The fraction of sp³-hybridized carbons (Fsp3) is 0.583. The fourth-order valence-electron chi connectivity index (χ4n) is 2.18. The molecule has 2 rings (SSSR count). The van der Waals surface area contributed by atoms with Crippen molar-refractivity contribution in [2.75, 3.05) is 13.7 Å². The number of methoxy groups -OCH3 is 1. The number of nitrogens with two attached hydrogens (primary N) is 1. The maximum Gasteiger partial charge on any atom is 0.349 e. The number of hydrogen-bond donors (Lipinski definition) is 2. The molecule has 3 atom stereocenters. The lowest BCUT2D eigenvalue weighted by atomic mass is 9.84. The first-order chi connectivity index (χ1) is 9.90. The lowest BCUT2D eigenvalue weighted by Gasteiger charge is -2.42. The number of carbonyl (C=O) groups is 1. The number of thiophene rings is 1. The van der Waals surface area contributed by atoms with Crippen LogP contribution < -0.4 is 10.5 Å². The molecule has 1 heterocycles. The SMILES string of the molecule is CCOC1CC(N)C1NS(=O)(=O)c1ccsc1C(=O)OC. The number of hydrogen-bond acceptors (Lipinski definition) is 7. The zero-order chi connectivity index (χ0) is 15.6. The highest BCUT2D eigenvalue weighted by Crippen LogP contribution is 2.27. The largest absolute Gasteiger partial charge is 0.465 e. The van der Waals surface area contributed by atoms with Crippen molar-refractivity contribution in [3.63, 3.8) is 0 Å². The molecule has 1 fully saturated rings. The van der Waals surface area contributed by atoms with Crippen molar-refractivity contribution in [3.05, 3.63) is 16.3 Å². The number of ether oxygens (including phenoxy) is 2. The van der Waals surface area contributed by atoms with Crippen molar-refractivity contribution < 1.29 is 22.7 Å². The molecule has 1 aromatic rings. The molecule has 1 aliphatic carbocycles. The predicted octanol–water partition coefficient (Wildman–Crippen LogP) is 0.318. The molecule has 0 bridgehead atoms. The summed E-state index contributed by atoms with van der Waals surface area (Å²) in [6.07, 6.45) is 0.370. The van der Waals surface area contributed by atoms with Crippen molar-refractivity contribution in [2.24, 2.45) is 5.73 Å². The van der Waals surface area contributed by atoms with Crippen LogP contribution >= 0.6 is 11.3 Å². The number of carbonyl (C=O) groups excluding carboxylic acids is 1. The molecule has 0 amide bonds. The second kappa shape index (κ2) is 6.41. The Labute approximate surface area is 127 Å². The molecular weight excluding hydrogens is 316 g/mol. The third-order valence-electron chi connectivity index (χ3n) is 3.33. The van der Waals surface area contributed by atoms with Crippen LogP contribution in [0.25, 0.3) is 0 Å². The molecule has 0 aromatic carbocycles. The molecule has 1 aromatic heterocycles. The van der Waals surface area contributed by atoms with E-state index in [1.807, 2.05) is 6.92 Å². The van der Waals surface area contributed by atoms with Crippen molar-refractivity contribution >= 4 is 27.3 Å². The van der Waals surface area contributed by atoms with E-state index in [4.69, 9.17) is 10.5 Å². The number of rotatable bonds is 6. The molecular formula is C12H18N2O5S2. The van der Waals surface area contributed by atoms with Crippen LogP contribution in [0.1, 0.15) is 23.0 Å². The normalized spacial score (nSPS) is 25.4. The summed E-state index contributed by atoms with van der Waals surface area (Å²) in [6.45, 7) is 2.32. The molecule has 1 saturated carbocycles. The third kappa shape index (κ3) is 3.27. The summed E-state index contributed by atoms with van der Waals surface area (Å²) in [5, 5.41) is 1.53. The van der Waals surface area contributed by atoms with Crippen molar-refractivity contribution in [2.45, 2.75) is 36.4 Å². The zero-order valence-electron chi connectivity index (χ0n) is 11.7. The number of sulfonamides is 1. The van der Waals surface area contributed by atoms with Gasteiger partial charge < -0.3 is 15.2 Å². The molecule has 1 aliphatic rings. The lowest BCUT2D eigenvalue weighted by Crippen LogP contribution is -2.64. The van der Waals surface area contributed by atoms with Crippen molar-refractivity contribution in [1.29, 1.82) is 0 Å². The molecule has 0 aliphatic heterocycles. The minimum absolute atomic E-state index is 0.0471. The highest BCUT2D eigenvalue weighted by molar-refractivity contribution is 7.89. The Kier molecular flexibility index (Phi) is 4.99. The Morgan fingerprint density at radius 3 is 2.86 bits per heavy atom. The Morgan fingerprint density at radius 2 is 2.29 bits per heavy atom. The third-order valence-corrected chi connectivity index (χ3v) is 5.85. The zero-order valence-corrected chi connectivity index (χ0v) is 13.4. The highest BCUT2D eigenvalue weighted by Gasteiger charge is 2.42. The molecule has 118 valence electrons. The summed E-state index contributed by atoms with van der Waals surface area (Å²) in [7, 11) is -2.64. The van der Waals surface area contributed by atoms with Gasteiger partial charge in [-0.05, 0) is 24.8 Å². The van der Waals surface area contributed by atoms with Gasteiger partial charge in [0.25, 0.3) is 0 Å². The first-order valence-corrected chi connectivity index (χ1v) is 8.82. The van der Waals surface area contributed by atoms with Crippen LogP contribution in [0, 0.1) is 0 Å². The molecule has 0 radical (unpaired) electrons. The van der Waals surface area contributed by atoms with Gasteiger partial charge in [0, 0.05) is 12.6 Å². The Morgan fingerprint density at radius 1 is 1.57 bits per heavy atom. The summed E-state index contributed by atoms with van der Waals surface area (Å²) in [5.41, 5.74) is 5.83. The van der Waals surface area contributed by atoms with Gasteiger partial charge in [-0.2, -0.15) is 0 Å². The van der Waals surface area contributed by atoms with E-state index in [-0.39, 0.29) is 21.9 Å². The average Bonchev–Trinajstić information content (AvgIpc) is 2.94. The highest BCUT2D eigenvalue weighted by atomic mass is 32.2. The van der Waals surface area contributed by atoms with Gasteiger partial charge in [-0.25, -0.2) is 17.9 Å². The maximum atomic E-state index is 12.4. The minimum atomic E-state index is -3.85. The van der Waals surface area contributed by atoms with Crippen LogP contribution in [0.2, 0.25) is 0 Å². The molecule has 7 nitrogen and oxygen atoms in total. The molecule has 3 unspecified atom stereocenters. The molecule has 0 spiro atoms. The van der Waals surface area contributed by atoms with Gasteiger partial charge in [-0.3, -0.25) is 0 Å². The van der Waals surface area contributed by atoms with Crippen LogP contribution in [-0.2, 0) is 19.5 Å². The van der Waals surface area contributed by atoms with Gasteiger partial charge in [0.05, 0.1) is 19.3 Å². The summed E-state index contributed by atoms with van der Waals surface area (Å²) < 4.78 is 37.4. The quantitative estimate of drug-likeness (QED) is 0.725. The smallest absolute Gasteiger partial charge is 0.349 e. The second-order valence-corrected chi connectivity index (χ2v) is 7.24.